The van der Waals surface area contributed by atoms with Gasteiger partial charge in [-0.25, -0.2) is 0 Å². The van der Waals surface area contributed by atoms with E-state index in [9.17, 15) is 18.0 Å². The van der Waals surface area contributed by atoms with Gasteiger partial charge in [0.2, 0.25) is 0 Å². The van der Waals surface area contributed by atoms with E-state index in [1.165, 1.54) is 24.0 Å². The number of hydrogen-bond acceptors (Lipinski definition) is 3. The van der Waals surface area contributed by atoms with Crippen LogP contribution in [0.2, 0.25) is 0 Å². The van der Waals surface area contributed by atoms with Crippen LogP contribution in [0.4, 0.5) is 13.2 Å². The molecule has 0 fully saturated rings. The number of hydrogen-bond donors (Lipinski definition) is 1. The lowest BCUT2D eigenvalue weighted by Gasteiger charge is -2.00. The summed E-state index contributed by atoms with van der Waals surface area (Å²) >= 11 is 0. The van der Waals surface area contributed by atoms with Gasteiger partial charge in [-0.2, -0.15) is 18.3 Å². The van der Waals surface area contributed by atoms with Crippen molar-refractivity contribution < 1.29 is 23.1 Å². The Balaban J connectivity index is 2.90. The Morgan fingerprint density at radius 2 is 2.20 bits per heavy atom. The van der Waals surface area contributed by atoms with Crippen molar-refractivity contribution >= 4 is 11.5 Å². The van der Waals surface area contributed by atoms with E-state index < -0.39 is 17.7 Å². The molecule has 0 spiro atoms. The summed E-state index contributed by atoms with van der Waals surface area (Å²) in [7, 11) is 1.53. The van der Waals surface area contributed by atoms with Gasteiger partial charge in [-0.05, 0) is 6.07 Å². The number of aryl methyl sites for hydroxylation is 1. The summed E-state index contributed by atoms with van der Waals surface area (Å²) in [4.78, 5) is 10.5. The minimum atomic E-state index is -4.98. The Morgan fingerprint density at radius 1 is 1.60 bits per heavy atom. The first-order chi connectivity index (χ1) is 6.80. The topological polar surface area (TPSA) is 55.1 Å². The first-order valence-corrected chi connectivity index (χ1v) is 3.82. The molecule has 1 N–H and O–H groups in total. The summed E-state index contributed by atoms with van der Waals surface area (Å²) in [6.07, 6.45) is -3.46. The standard InChI is InChI=1S/C8H7F3N2O2/c1-13-3-2-5(12-13)6(14)4-7(15)8(9,10)11/h2-4,14H,1H3. The number of nitrogens with zero attached hydrogens (tertiary/aromatic N) is 2. The average molecular weight is 220 g/mol. The van der Waals surface area contributed by atoms with Crippen LogP contribution < -0.4 is 0 Å². The second kappa shape index (κ2) is 3.76. The van der Waals surface area contributed by atoms with E-state index in [0.29, 0.717) is 0 Å². The minimum Gasteiger partial charge on any atom is -0.505 e. The van der Waals surface area contributed by atoms with E-state index in [4.69, 9.17) is 5.11 Å². The van der Waals surface area contributed by atoms with Crippen molar-refractivity contribution in [2.45, 2.75) is 6.18 Å². The fourth-order valence-electron chi connectivity index (χ4n) is 0.832. The maximum atomic E-state index is 11.8. The van der Waals surface area contributed by atoms with Gasteiger partial charge in [0, 0.05) is 19.3 Å². The predicted molar refractivity (Wildman–Crippen MR) is 44.9 cm³/mol. The number of carbonyl (C=O) groups excluding carboxylic acids is 1. The average Bonchev–Trinajstić information content (AvgIpc) is 2.50. The van der Waals surface area contributed by atoms with Gasteiger partial charge in [0.1, 0.15) is 11.5 Å². The summed E-state index contributed by atoms with van der Waals surface area (Å²) in [6, 6.07) is 1.29. The van der Waals surface area contributed by atoms with Crippen molar-refractivity contribution in [3.8, 4) is 0 Å². The molecular weight excluding hydrogens is 213 g/mol. The lowest BCUT2D eigenvalue weighted by molar-refractivity contribution is -0.165. The molecule has 1 heterocycles. The SMILES string of the molecule is Cn1ccc(C(O)=CC(=O)C(F)(F)F)n1. The molecule has 7 heteroatoms. The summed E-state index contributed by atoms with van der Waals surface area (Å²) in [5.74, 6) is -2.93. The van der Waals surface area contributed by atoms with E-state index in [-0.39, 0.29) is 11.8 Å². The second-order valence-electron chi connectivity index (χ2n) is 2.77. The van der Waals surface area contributed by atoms with E-state index in [0.717, 1.165) is 0 Å². The summed E-state index contributed by atoms with van der Waals surface area (Å²) in [6.45, 7) is 0. The van der Waals surface area contributed by atoms with Crippen LogP contribution in [0.25, 0.3) is 5.76 Å². The van der Waals surface area contributed by atoms with Crippen molar-refractivity contribution in [1.29, 1.82) is 0 Å². The van der Waals surface area contributed by atoms with Crippen molar-refractivity contribution in [2.75, 3.05) is 0 Å². The predicted octanol–water partition coefficient (Wildman–Crippen LogP) is 1.45. The van der Waals surface area contributed by atoms with Crippen LogP contribution in [0.3, 0.4) is 0 Å². The monoisotopic (exact) mass is 220 g/mol. The molecule has 0 aromatic carbocycles. The van der Waals surface area contributed by atoms with E-state index >= 15 is 0 Å². The Morgan fingerprint density at radius 3 is 2.60 bits per heavy atom. The number of alkyl halides is 3. The first-order valence-electron chi connectivity index (χ1n) is 3.82. The summed E-state index contributed by atoms with van der Waals surface area (Å²) < 4.78 is 36.7. The highest BCUT2D eigenvalue weighted by molar-refractivity contribution is 5.98. The molecule has 1 rings (SSSR count). The molecule has 0 aliphatic heterocycles. The second-order valence-corrected chi connectivity index (χ2v) is 2.77. The number of aliphatic hydroxyl groups excluding tert-OH is 1. The maximum Gasteiger partial charge on any atom is 0.454 e. The van der Waals surface area contributed by atoms with Crippen molar-refractivity contribution in [3.63, 3.8) is 0 Å². The van der Waals surface area contributed by atoms with Crippen molar-refractivity contribution in [1.82, 2.24) is 9.78 Å². The van der Waals surface area contributed by atoms with Crippen molar-refractivity contribution in [3.05, 3.63) is 24.0 Å². The zero-order valence-corrected chi connectivity index (χ0v) is 7.62. The zero-order chi connectivity index (χ0) is 11.6. The number of allylic oxidation sites excluding steroid dienone is 1. The number of rotatable bonds is 2. The highest BCUT2D eigenvalue weighted by atomic mass is 19.4. The molecular formula is C8H7F3N2O2. The van der Waals surface area contributed by atoms with E-state index in [2.05, 4.69) is 5.10 Å². The summed E-state index contributed by atoms with van der Waals surface area (Å²) in [5.41, 5.74) is -0.0879. The van der Waals surface area contributed by atoms with Crippen LogP contribution in [0, 0.1) is 0 Å². The molecule has 0 aliphatic carbocycles. The lowest BCUT2D eigenvalue weighted by atomic mass is 10.2. The number of aliphatic hydroxyl groups is 1. The van der Waals surface area contributed by atoms with Gasteiger partial charge in [-0.1, -0.05) is 0 Å². The Hall–Kier alpha value is -1.79. The molecule has 0 atom stereocenters. The van der Waals surface area contributed by atoms with Crippen LogP contribution in [0.1, 0.15) is 5.69 Å². The number of aromatic nitrogens is 2. The minimum absolute atomic E-state index is 0.0879. The van der Waals surface area contributed by atoms with Gasteiger partial charge in [0.15, 0.2) is 0 Å². The fraction of sp³-hybridized carbons (Fsp3) is 0.250. The third-order valence-corrected chi connectivity index (χ3v) is 1.52. The molecule has 1 aromatic heterocycles. The highest BCUT2D eigenvalue weighted by Crippen LogP contribution is 2.18. The molecule has 0 unspecified atom stereocenters. The van der Waals surface area contributed by atoms with Gasteiger partial charge >= 0.3 is 6.18 Å². The first kappa shape index (κ1) is 11.3. The van der Waals surface area contributed by atoms with Gasteiger partial charge in [-0.15, -0.1) is 0 Å². The van der Waals surface area contributed by atoms with Crippen LogP contribution in [-0.2, 0) is 11.8 Å². The lowest BCUT2D eigenvalue weighted by Crippen LogP contribution is -2.20. The Kier molecular flexibility index (Phi) is 2.83. The highest BCUT2D eigenvalue weighted by Gasteiger charge is 2.37. The molecule has 0 amide bonds. The largest absolute Gasteiger partial charge is 0.505 e. The quantitative estimate of drug-likeness (QED) is 0.606. The molecule has 0 bridgehead atoms. The summed E-state index contributed by atoms with van der Waals surface area (Å²) in [5, 5.41) is 12.8. The molecule has 15 heavy (non-hydrogen) atoms. The van der Waals surface area contributed by atoms with Gasteiger partial charge in [0.05, 0.1) is 0 Å². The van der Waals surface area contributed by atoms with E-state index in [1.807, 2.05) is 0 Å². The molecule has 0 radical (unpaired) electrons. The van der Waals surface area contributed by atoms with Gasteiger partial charge in [-0.3, -0.25) is 9.48 Å². The van der Waals surface area contributed by atoms with Crippen LogP contribution in [0.15, 0.2) is 18.3 Å². The molecule has 0 aliphatic rings. The Bertz CT molecular complexity index is 406. The number of carbonyl (C=O) groups is 1. The zero-order valence-electron chi connectivity index (χ0n) is 7.62. The number of halogens is 3. The van der Waals surface area contributed by atoms with Crippen molar-refractivity contribution in [2.24, 2.45) is 7.05 Å². The van der Waals surface area contributed by atoms with Crippen LogP contribution >= 0.6 is 0 Å². The van der Waals surface area contributed by atoms with Crippen LogP contribution in [0.5, 0.6) is 0 Å². The molecule has 82 valence electrons. The van der Waals surface area contributed by atoms with Gasteiger partial charge < -0.3 is 5.11 Å². The third-order valence-electron chi connectivity index (χ3n) is 1.52. The van der Waals surface area contributed by atoms with E-state index in [1.54, 1.807) is 0 Å². The fourth-order valence-corrected chi connectivity index (χ4v) is 0.832. The Labute approximate surface area is 82.6 Å². The van der Waals surface area contributed by atoms with Crippen LogP contribution in [-0.4, -0.2) is 26.8 Å². The molecule has 0 saturated heterocycles. The molecule has 4 nitrogen and oxygen atoms in total. The molecule has 1 aromatic rings. The molecule has 0 saturated carbocycles. The number of ketones is 1. The maximum absolute atomic E-state index is 11.8. The van der Waals surface area contributed by atoms with Gasteiger partial charge in [0.25, 0.3) is 5.78 Å². The third kappa shape index (κ3) is 2.83. The normalized spacial score (nSPS) is 12.9. The smallest absolute Gasteiger partial charge is 0.454 e.